The number of carbonyl (C=O) groups excluding carboxylic acids is 1. The van der Waals surface area contributed by atoms with Gasteiger partial charge in [0.15, 0.2) is 0 Å². The molecule has 6 nitrogen and oxygen atoms in total. The molecule has 2 N–H and O–H groups in total. The minimum absolute atomic E-state index is 0.0815. The molecule has 2 unspecified atom stereocenters. The van der Waals surface area contributed by atoms with Crippen LogP contribution in [0.2, 0.25) is 10.0 Å². The molecule has 132 valence electrons. The number of halogens is 2. The van der Waals surface area contributed by atoms with Gasteiger partial charge in [-0.2, -0.15) is 4.98 Å². The molecule has 0 bridgehead atoms. The first kappa shape index (κ1) is 17.8. The molecule has 1 aromatic heterocycles. The van der Waals surface area contributed by atoms with Gasteiger partial charge in [-0.1, -0.05) is 35.3 Å². The molecule has 25 heavy (non-hydrogen) atoms. The summed E-state index contributed by atoms with van der Waals surface area (Å²) in [6.45, 7) is 0. The maximum atomic E-state index is 12.5. The maximum Gasteiger partial charge on any atom is 0.404 e. The molecular weight excluding hydrogens is 365 g/mol. The molecule has 1 amide bonds. The molecule has 0 aliphatic heterocycles. The molecule has 0 saturated heterocycles. The first-order chi connectivity index (χ1) is 12.0. The molecule has 8 heteroatoms. The Labute approximate surface area is 154 Å². The van der Waals surface area contributed by atoms with Gasteiger partial charge in [0.2, 0.25) is 0 Å². The average Bonchev–Trinajstić information content (AvgIpc) is 2.57. The van der Waals surface area contributed by atoms with Crippen molar-refractivity contribution in [3.8, 4) is 11.3 Å². The van der Waals surface area contributed by atoms with Gasteiger partial charge in [-0.25, -0.2) is 9.59 Å². The lowest BCUT2D eigenvalue weighted by atomic mass is 9.92. The molecule has 1 saturated carbocycles. The lowest BCUT2D eigenvalue weighted by Gasteiger charge is -2.29. The monoisotopic (exact) mass is 381 g/mol. The Morgan fingerprint density at radius 2 is 2.08 bits per heavy atom. The summed E-state index contributed by atoms with van der Waals surface area (Å²) in [4.78, 5) is 27.6. The largest absolute Gasteiger partial charge is 0.446 e. The minimum Gasteiger partial charge on any atom is -0.446 e. The predicted octanol–water partition coefficient (Wildman–Crippen LogP) is 3.80. The highest BCUT2D eigenvalue weighted by molar-refractivity contribution is 6.43. The van der Waals surface area contributed by atoms with Gasteiger partial charge in [-0.15, -0.1) is 0 Å². The van der Waals surface area contributed by atoms with Crippen molar-refractivity contribution >= 4 is 29.3 Å². The fourth-order valence-electron chi connectivity index (χ4n) is 3.19. The van der Waals surface area contributed by atoms with Gasteiger partial charge >= 0.3 is 11.8 Å². The second kappa shape index (κ2) is 7.45. The number of nitrogens with two attached hydrogens (primary N) is 1. The van der Waals surface area contributed by atoms with Crippen LogP contribution >= 0.6 is 23.2 Å². The van der Waals surface area contributed by atoms with Crippen LogP contribution in [0.4, 0.5) is 4.79 Å². The van der Waals surface area contributed by atoms with Crippen LogP contribution in [0.3, 0.4) is 0 Å². The van der Waals surface area contributed by atoms with Crippen molar-refractivity contribution in [2.45, 2.75) is 37.8 Å². The molecule has 1 aliphatic carbocycles. The Morgan fingerprint density at radius 3 is 2.80 bits per heavy atom. The third-order valence-corrected chi connectivity index (χ3v) is 5.15. The Hall–Kier alpha value is -2.05. The molecule has 2 aromatic rings. The minimum atomic E-state index is -0.790. The quantitative estimate of drug-likeness (QED) is 0.875. The number of carbonyl (C=O) groups is 1. The van der Waals surface area contributed by atoms with Crippen LogP contribution in [0.15, 0.2) is 35.3 Å². The van der Waals surface area contributed by atoms with Gasteiger partial charge < -0.3 is 10.5 Å². The number of nitrogens with zero attached hydrogens (tertiary/aromatic N) is 2. The summed E-state index contributed by atoms with van der Waals surface area (Å²) >= 11 is 12.2. The maximum absolute atomic E-state index is 12.5. The van der Waals surface area contributed by atoms with E-state index in [4.69, 9.17) is 33.7 Å². The van der Waals surface area contributed by atoms with E-state index in [1.807, 2.05) is 0 Å². The molecule has 1 aliphatic rings. The third kappa shape index (κ3) is 3.96. The smallest absolute Gasteiger partial charge is 0.404 e. The van der Waals surface area contributed by atoms with Crippen molar-refractivity contribution in [1.82, 2.24) is 9.55 Å². The normalized spacial score (nSPS) is 20.2. The fraction of sp³-hybridized carbons (Fsp3) is 0.353. The average molecular weight is 382 g/mol. The van der Waals surface area contributed by atoms with Crippen molar-refractivity contribution in [2.24, 2.45) is 5.73 Å². The lowest BCUT2D eigenvalue weighted by Crippen LogP contribution is -2.34. The number of benzene rings is 1. The van der Waals surface area contributed by atoms with Crippen molar-refractivity contribution in [3.05, 3.63) is 51.0 Å². The highest BCUT2D eigenvalue weighted by Gasteiger charge is 2.26. The molecule has 1 aromatic carbocycles. The summed E-state index contributed by atoms with van der Waals surface area (Å²) in [6.07, 6.45) is 3.58. The zero-order valence-corrected chi connectivity index (χ0v) is 14.8. The van der Waals surface area contributed by atoms with Gasteiger partial charge in [0.1, 0.15) is 6.10 Å². The summed E-state index contributed by atoms with van der Waals surface area (Å²) in [5.41, 5.74) is 5.78. The van der Waals surface area contributed by atoms with Gasteiger partial charge in [0.05, 0.1) is 15.7 Å². The summed E-state index contributed by atoms with van der Waals surface area (Å²) in [5, 5.41) is 0.769. The van der Waals surface area contributed by atoms with Gasteiger partial charge in [-0.05, 0) is 31.4 Å². The van der Waals surface area contributed by atoms with E-state index in [0.717, 1.165) is 19.3 Å². The van der Waals surface area contributed by atoms with E-state index in [9.17, 15) is 9.59 Å². The van der Waals surface area contributed by atoms with E-state index in [1.165, 1.54) is 0 Å². The number of hydrogen-bond donors (Lipinski definition) is 1. The van der Waals surface area contributed by atoms with Crippen molar-refractivity contribution < 1.29 is 9.53 Å². The fourth-order valence-corrected chi connectivity index (χ4v) is 3.58. The Balaban J connectivity index is 1.86. The van der Waals surface area contributed by atoms with Crippen LogP contribution in [0, 0.1) is 0 Å². The first-order valence-electron chi connectivity index (χ1n) is 7.95. The van der Waals surface area contributed by atoms with E-state index in [-0.39, 0.29) is 17.8 Å². The molecular formula is C17H17Cl2N3O3. The van der Waals surface area contributed by atoms with E-state index < -0.39 is 6.09 Å². The molecule has 0 spiro atoms. The molecule has 3 rings (SSSR count). The van der Waals surface area contributed by atoms with Gasteiger partial charge in [-0.3, -0.25) is 4.57 Å². The Bertz CT molecular complexity index is 853. The second-order valence-corrected chi connectivity index (χ2v) is 6.77. The zero-order chi connectivity index (χ0) is 18.0. The Kier molecular flexibility index (Phi) is 5.30. The van der Waals surface area contributed by atoms with Crippen LogP contribution in [-0.2, 0) is 4.74 Å². The highest BCUT2D eigenvalue weighted by atomic mass is 35.5. The third-order valence-electron chi connectivity index (χ3n) is 4.33. The van der Waals surface area contributed by atoms with E-state index in [2.05, 4.69) is 4.98 Å². The highest BCUT2D eigenvalue weighted by Crippen LogP contribution is 2.33. The number of amides is 1. The van der Waals surface area contributed by atoms with Crippen LogP contribution in [0.1, 0.15) is 31.7 Å². The van der Waals surface area contributed by atoms with Crippen LogP contribution in [0.25, 0.3) is 11.3 Å². The zero-order valence-electron chi connectivity index (χ0n) is 13.3. The van der Waals surface area contributed by atoms with Crippen molar-refractivity contribution in [2.75, 3.05) is 0 Å². The molecule has 1 heterocycles. The SMILES string of the molecule is NC(=O)OC1CCCC(n2ccc(-c3cccc(Cl)c3Cl)nc2=O)C1. The predicted molar refractivity (Wildman–Crippen MR) is 95.9 cm³/mol. The number of aromatic nitrogens is 2. The summed E-state index contributed by atoms with van der Waals surface area (Å²) in [5.74, 6) is 0. The Morgan fingerprint density at radius 1 is 1.28 bits per heavy atom. The second-order valence-electron chi connectivity index (χ2n) is 5.98. The standard InChI is InChI=1S/C17H17Cl2N3O3/c18-13-6-2-5-12(15(13)19)14-7-8-22(17(24)21-14)10-3-1-4-11(9-10)25-16(20)23/h2,5-8,10-11H,1,3-4,9H2,(H2,20,23). The molecule has 1 fully saturated rings. The van der Waals surface area contributed by atoms with Gasteiger partial charge in [0, 0.05) is 24.2 Å². The van der Waals surface area contributed by atoms with Crippen molar-refractivity contribution in [3.63, 3.8) is 0 Å². The van der Waals surface area contributed by atoms with E-state index in [1.54, 1.807) is 35.0 Å². The first-order valence-corrected chi connectivity index (χ1v) is 8.71. The number of ether oxygens (including phenoxy) is 1. The molecule has 2 atom stereocenters. The van der Waals surface area contributed by atoms with E-state index >= 15 is 0 Å². The lowest BCUT2D eigenvalue weighted by molar-refractivity contribution is 0.0672. The number of primary amides is 1. The molecule has 0 radical (unpaired) electrons. The summed E-state index contributed by atoms with van der Waals surface area (Å²) in [7, 11) is 0. The summed E-state index contributed by atoms with van der Waals surface area (Å²) in [6, 6.07) is 6.84. The van der Waals surface area contributed by atoms with Gasteiger partial charge in [0.25, 0.3) is 0 Å². The summed E-state index contributed by atoms with van der Waals surface area (Å²) < 4.78 is 6.64. The number of hydrogen-bond acceptors (Lipinski definition) is 4. The topological polar surface area (TPSA) is 87.2 Å². The van der Waals surface area contributed by atoms with Crippen LogP contribution < -0.4 is 11.4 Å². The van der Waals surface area contributed by atoms with Crippen LogP contribution in [-0.4, -0.2) is 21.7 Å². The number of rotatable bonds is 3. The van der Waals surface area contributed by atoms with Crippen molar-refractivity contribution in [1.29, 1.82) is 0 Å². The van der Waals surface area contributed by atoms with Crippen LogP contribution in [0.5, 0.6) is 0 Å². The van der Waals surface area contributed by atoms with E-state index in [0.29, 0.717) is 27.7 Å².